The molecule has 1 aromatic rings. The molecular weight excluding hydrogens is 334 g/mol. The van der Waals surface area contributed by atoms with E-state index >= 15 is 0 Å². The van der Waals surface area contributed by atoms with Crippen LogP contribution in [0.1, 0.15) is 0 Å². The van der Waals surface area contributed by atoms with E-state index in [1.54, 1.807) is 0 Å². The maximum absolute atomic E-state index is 12.6. The number of nitrogens with zero attached hydrogens (tertiary/aromatic N) is 5. The van der Waals surface area contributed by atoms with Gasteiger partial charge in [0.05, 0.1) is 27.4 Å². The smallest absolute Gasteiger partial charge is 0.324 e. The Morgan fingerprint density at radius 2 is 1.79 bits per heavy atom. The van der Waals surface area contributed by atoms with Crippen LogP contribution in [0.25, 0.3) is 0 Å². The van der Waals surface area contributed by atoms with Crippen LogP contribution in [-0.4, -0.2) is 90.4 Å². The summed E-state index contributed by atoms with van der Waals surface area (Å²) in [4.78, 5) is 28.9. The highest BCUT2D eigenvalue weighted by Crippen LogP contribution is 2.20. The molecule has 0 bridgehead atoms. The molecule has 1 aromatic heterocycles. The van der Waals surface area contributed by atoms with Gasteiger partial charge in [0.1, 0.15) is 0 Å². The summed E-state index contributed by atoms with van der Waals surface area (Å²) in [6.07, 6.45) is -0.504. The molecule has 0 spiro atoms. The van der Waals surface area contributed by atoms with E-state index in [1.165, 1.54) is 14.2 Å². The number of amides is 1. The number of hydrogen-bond donors (Lipinski definition) is 0. The van der Waals surface area contributed by atoms with Crippen LogP contribution in [0.15, 0.2) is 0 Å². The molecule has 0 saturated carbocycles. The van der Waals surface area contributed by atoms with Crippen molar-refractivity contribution in [3.05, 3.63) is 0 Å². The second-order valence-electron chi connectivity index (χ2n) is 5.35. The third-order valence-electron chi connectivity index (χ3n) is 3.90. The van der Waals surface area contributed by atoms with Crippen molar-refractivity contribution in [2.24, 2.45) is 0 Å². The van der Waals surface area contributed by atoms with Crippen molar-refractivity contribution >= 4 is 23.6 Å². The molecule has 2 fully saturated rings. The molecule has 1 amide bonds. The fourth-order valence-electron chi connectivity index (χ4n) is 2.62. The Bertz CT molecular complexity index is 562. The SMILES string of the molecule is COc1nc(OC)nc(N2CCOC(C(=O)N3CCSCC3)C2)n1. The summed E-state index contributed by atoms with van der Waals surface area (Å²) in [6, 6.07) is 0.360. The molecule has 3 heterocycles. The number of aromatic nitrogens is 3. The Hall–Kier alpha value is -1.81. The Kier molecular flexibility index (Phi) is 5.56. The van der Waals surface area contributed by atoms with Crippen LogP contribution in [0.5, 0.6) is 12.0 Å². The van der Waals surface area contributed by atoms with Crippen molar-refractivity contribution in [3.8, 4) is 12.0 Å². The fourth-order valence-corrected chi connectivity index (χ4v) is 3.52. The normalized spacial score (nSPS) is 21.5. The molecule has 24 heavy (non-hydrogen) atoms. The van der Waals surface area contributed by atoms with Gasteiger partial charge in [-0.1, -0.05) is 0 Å². The number of methoxy groups -OCH3 is 2. The lowest BCUT2D eigenvalue weighted by atomic mass is 10.2. The number of thioether (sulfide) groups is 1. The second-order valence-corrected chi connectivity index (χ2v) is 6.58. The molecule has 1 unspecified atom stereocenters. The molecule has 0 N–H and O–H groups in total. The van der Waals surface area contributed by atoms with E-state index in [0.717, 1.165) is 24.6 Å². The molecule has 9 nitrogen and oxygen atoms in total. The van der Waals surface area contributed by atoms with Gasteiger partial charge in [0.15, 0.2) is 6.10 Å². The number of anilines is 1. The van der Waals surface area contributed by atoms with E-state index in [0.29, 0.717) is 25.6 Å². The number of carbonyl (C=O) groups excluding carboxylic acids is 1. The Morgan fingerprint density at radius 3 is 2.42 bits per heavy atom. The minimum atomic E-state index is -0.504. The van der Waals surface area contributed by atoms with Crippen LogP contribution in [0.3, 0.4) is 0 Å². The van der Waals surface area contributed by atoms with E-state index < -0.39 is 6.10 Å². The predicted molar refractivity (Wildman–Crippen MR) is 88.8 cm³/mol. The van der Waals surface area contributed by atoms with Crippen LogP contribution in [0.4, 0.5) is 5.95 Å². The van der Waals surface area contributed by atoms with Gasteiger partial charge >= 0.3 is 12.0 Å². The van der Waals surface area contributed by atoms with Crippen molar-refractivity contribution in [2.45, 2.75) is 6.10 Å². The fraction of sp³-hybridized carbons (Fsp3) is 0.714. The van der Waals surface area contributed by atoms with Crippen LogP contribution < -0.4 is 14.4 Å². The molecule has 1 atom stereocenters. The number of morpholine rings is 1. The quantitative estimate of drug-likeness (QED) is 0.720. The first-order valence-corrected chi connectivity index (χ1v) is 8.94. The molecule has 0 aliphatic carbocycles. The lowest BCUT2D eigenvalue weighted by Gasteiger charge is -2.36. The summed E-state index contributed by atoms with van der Waals surface area (Å²) in [5, 5.41) is 0. The summed E-state index contributed by atoms with van der Waals surface area (Å²) in [5.41, 5.74) is 0. The summed E-state index contributed by atoms with van der Waals surface area (Å²) < 4.78 is 15.8. The van der Waals surface area contributed by atoms with Crippen molar-refractivity contribution in [3.63, 3.8) is 0 Å². The predicted octanol–water partition coefficient (Wildman–Crippen LogP) is -0.331. The Balaban J connectivity index is 1.72. The van der Waals surface area contributed by atoms with Crippen LogP contribution >= 0.6 is 11.8 Å². The highest BCUT2D eigenvalue weighted by atomic mass is 32.2. The third kappa shape index (κ3) is 3.81. The number of rotatable bonds is 4. The number of carbonyl (C=O) groups is 1. The first kappa shape index (κ1) is 17.0. The van der Waals surface area contributed by atoms with Crippen LogP contribution in [-0.2, 0) is 9.53 Å². The first-order valence-electron chi connectivity index (χ1n) is 7.78. The maximum Gasteiger partial charge on any atom is 0.324 e. The first-order chi connectivity index (χ1) is 11.7. The monoisotopic (exact) mass is 355 g/mol. The minimum absolute atomic E-state index is 0.0352. The molecule has 2 aliphatic rings. The summed E-state index contributed by atoms with van der Waals surface area (Å²) >= 11 is 1.87. The van der Waals surface area contributed by atoms with E-state index in [2.05, 4.69) is 15.0 Å². The Morgan fingerprint density at radius 1 is 1.12 bits per heavy atom. The van der Waals surface area contributed by atoms with E-state index in [9.17, 15) is 4.79 Å². The van der Waals surface area contributed by atoms with Gasteiger partial charge in [0.25, 0.3) is 5.91 Å². The highest BCUT2D eigenvalue weighted by Gasteiger charge is 2.32. The molecule has 3 rings (SSSR count). The molecule has 2 aliphatic heterocycles. The van der Waals surface area contributed by atoms with Gasteiger partial charge in [-0.05, 0) is 0 Å². The van der Waals surface area contributed by atoms with Gasteiger partial charge in [-0.3, -0.25) is 4.79 Å². The zero-order valence-corrected chi connectivity index (χ0v) is 14.6. The second kappa shape index (κ2) is 7.84. The molecule has 2 saturated heterocycles. The zero-order chi connectivity index (χ0) is 16.9. The topological polar surface area (TPSA) is 89.9 Å². The van der Waals surface area contributed by atoms with Gasteiger partial charge < -0.3 is 24.0 Å². The average Bonchev–Trinajstić information content (AvgIpc) is 2.67. The molecule has 0 aromatic carbocycles. The van der Waals surface area contributed by atoms with Gasteiger partial charge in [-0.15, -0.1) is 4.98 Å². The van der Waals surface area contributed by atoms with Crippen molar-refractivity contribution in [1.29, 1.82) is 0 Å². The van der Waals surface area contributed by atoms with Crippen LogP contribution in [0.2, 0.25) is 0 Å². The summed E-state index contributed by atoms with van der Waals surface area (Å²) in [6.45, 7) is 2.98. The molecule has 0 radical (unpaired) electrons. The molecule has 10 heteroatoms. The third-order valence-corrected chi connectivity index (χ3v) is 4.84. The van der Waals surface area contributed by atoms with Crippen molar-refractivity contribution in [1.82, 2.24) is 19.9 Å². The summed E-state index contributed by atoms with van der Waals surface area (Å²) in [5.74, 6) is 2.41. The van der Waals surface area contributed by atoms with Crippen LogP contribution in [0, 0.1) is 0 Å². The zero-order valence-electron chi connectivity index (χ0n) is 13.8. The van der Waals surface area contributed by atoms with E-state index in [4.69, 9.17) is 14.2 Å². The van der Waals surface area contributed by atoms with Gasteiger partial charge in [-0.25, -0.2) is 0 Å². The minimum Gasteiger partial charge on any atom is -0.467 e. The lowest BCUT2D eigenvalue weighted by Crippen LogP contribution is -2.53. The largest absolute Gasteiger partial charge is 0.467 e. The van der Waals surface area contributed by atoms with Gasteiger partial charge in [0, 0.05) is 31.1 Å². The van der Waals surface area contributed by atoms with E-state index in [-0.39, 0.29) is 17.9 Å². The summed E-state index contributed by atoms with van der Waals surface area (Å²) in [7, 11) is 2.97. The Labute approximate surface area is 144 Å². The van der Waals surface area contributed by atoms with Crippen molar-refractivity contribution in [2.75, 3.05) is 63.4 Å². The molecule has 132 valence electrons. The van der Waals surface area contributed by atoms with Crippen molar-refractivity contribution < 1.29 is 19.0 Å². The number of hydrogen-bond acceptors (Lipinski definition) is 9. The number of ether oxygens (including phenoxy) is 3. The molecular formula is C14H21N5O4S. The highest BCUT2D eigenvalue weighted by molar-refractivity contribution is 7.99. The lowest BCUT2D eigenvalue weighted by molar-refractivity contribution is -0.144. The standard InChI is InChI=1S/C14H21N5O4S/c1-21-13-15-12(16-14(17-13)22-2)19-3-6-23-10(9-19)11(20)18-4-7-24-8-5-18/h10H,3-9H2,1-2H3. The van der Waals surface area contributed by atoms with Gasteiger partial charge in [-0.2, -0.15) is 21.7 Å². The van der Waals surface area contributed by atoms with Gasteiger partial charge in [0.2, 0.25) is 5.95 Å². The average molecular weight is 355 g/mol. The van der Waals surface area contributed by atoms with E-state index in [1.807, 2.05) is 21.6 Å². The maximum atomic E-state index is 12.6.